The van der Waals surface area contributed by atoms with Crippen LogP contribution in [-0.2, 0) is 11.2 Å². The molecule has 14 heavy (non-hydrogen) atoms. The van der Waals surface area contributed by atoms with Gasteiger partial charge < -0.3 is 5.11 Å². The van der Waals surface area contributed by atoms with Crippen LogP contribution in [0.5, 0.6) is 0 Å². The molecular formula is C11H13ClO2. The van der Waals surface area contributed by atoms with Crippen LogP contribution in [0.4, 0.5) is 0 Å². The van der Waals surface area contributed by atoms with Crippen molar-refractivity contribution in [1.29, 1.82) is 0 Å². The molecule has 1 aromatic rings. The van der Waals surface area contributed by atoms with E-state index in [9.17, 15) is 4.79 Å². The van der Waals surface area contributed by atoms with Crippen molar-refractivity contribution in [2.45, 2.75) is 24.6 Å². The Morgan fingerprint density at radius 2 is 2.00 bits per heavy atom. The predicted octanol–water partition coefficient (Wildman–Crippen LogP) is 2.70. The summed E-state index contributed by atoms with van der Waals surface area (Å²) >= 11 is 5.99. The number of carboxylic acids is 1. The molecule has 0 bridgehead atoms. The molecule has 0 aliphatic heterocycles. The summed E-state index contributed by atoms with van der Waals surface area (Å²) in [5.74, 6) is -0.953. The number of halogens is 1. The van der Waals surface area contributed by atoms with E-state index in [2.05, 4.69) is 0 Å². The molecule has 0 heterocycles. The average Bonchev–Trinajstić information content (AvgIpc) is 2.19. The van der Waals surface area contributed by atoms with Crippen LogP contribution < -0.4 is 0 Å². The summed E-state index contributed by atoms with van der Waals surface area (Å²) in [4.78, 5) is 9.76. The number of carbonyl (C=O) groups is 1. The van der Waals surface area contributed by atoms with Gasteiger partial charge in [0, 0.05) is 6.42 Å². The van der Waals surface area contributed by atoms with Crippen molar-refractivity contribution in [3.63, 3.8) is 0 Å². The van der Waals surface area contributed by atoms with Gasteiger partial charge in [-0.3, -0.25) is 4.79 Å². The molecular weight excluding hydrogens is 200 g/mol. The summed E-state index contributed by atoms with van der Waals surface area (Å²) in [6.45, 7) is 1.78. The van der Waals surface area contributed by atoms with Gasteiger partial charge in [0.1, 0.15) is 4.87 Å². The average molecular weight is 213 g/mol. The molecule has 0 saturated carbocycles. The quantitative estimate of drug-likeness (QED) is 0.780. The zero-order chi connectivity index (χ0) is 10.6. The van der Waals surface area contributed by atoms with E-state index < -0.39 is 10.8 Å². The molecule has 1 atom stereocenters. The van der Waals surface area contributed by atoms with Gasteiger partial charge in [-0.15, -0.1) is 11.6 Å². The van der Waals surface area contributed by atoms with E-state index in [1.54, 1.807) is 6.92 Å². The lowest BCUT2D eigenvalue weighted by Gasteiger charge is -2.20. The molecule has 0 saturated heterocycles. The van der Waals surface area contributed by atoms with Crippen molar-refractivity contribution in [3.05, 3.63) is 35.9 Å². The highest BCUT2D eigenvalue weighted by Crippen LogP contribution is 2.25. The molecule has 2 nitrogen and oxygen atoms in total. The molecule has 0 spiro atoms. The number of hydrogen-bond donors (Lipinski definition) is 1. The van der Waals surface area contributed by atoms with Crippen molar-refractivity contribution < 1.29 is 9.90 Å². The fraction of sp³-hybridized carbons (Fsp3) is 0.364. The van der Waals surface area contributed by atoms with Crippen LogP contribution in [0, 0.1) is 0 Å². The first kappa shape index (κ1) is 11.1. The van der Waals surface area contributed by atoms with E-state index in [-0.39, 0.29) is 0 Å². The number of hydrogen-bond acceptors (Lipinski definition) is 1. The Kier molecular flexibility index (Phi) is 3.53. The molecule has 1 aromatic carbocycles. The fourth-order valence-corrected chi connectivity index (χ4v) is 1.43. The predicted molar refractivity (Wildman–Crippen MR) is 56.7 cm³/mol. The van der Waals surface area contributed by atoms with Crippen molar-refractivity contribution in [2.75, 3.05) is 0 Å². The highest BCUT2D eigenvalue weighted by atomic mass is 35.5. The van der Waals surface area contributed by atoms with Crippen molar-refractivity contribution in [1.82, 2.24) is 0 Å². The van der Waals surface area contributed by atoms with Gasteiger partial charge in [-0.05, 0) is 12.0 Å². The summed E-state index contributed by atoms with van der Waals surface area (Å²) in [6, 6.07) is 9.42. The first-order valence-electron chi connectivity index (χ1n) is 4.55. The molecule has 1 N–H and O–H groups in total. The van der Waals surface area contributed by atoms with Crippen molar-refractivity contribution >= 4 is 17.6 Å². The maximum absolute atomic E-state index is 10.9. The van der Waals surface area contributed by atoms with Gasteiger partial charge in [-0.25, -0.2) is 0 Å². The normalized spacial score (nSPS) is 14.7. The van der Waals surface area contributed by atoms with E-state index in [0.717, 1.165) is 5.56 Å². The molecule has 76 valence electrons. The second-order valence-electron chi connectivity index (χ2n) is 3.29. The van der Waals surface area contributed by atoms with Crippen LogP contribution in [0.25, 0.3) is 0 Å². The van der Waals surface area contributed by atoms with Crippen LogP contribution in [0.3, 0.4) is 0 Å². The summed E-state index contributed by atoms with van der Waals surface area (Å²) in [6.07, 6.45) is 0.778. The third-order valence-electron chi connectivity index (χ3n) is 2.27. The van der Waals surface area contributed by atoms with Crippen LogP contribution in [0.2, 0.25) is 0 Å². The van der Waals surface area contributed by atoms with E-state index in [1.807, 2.05) is 30.3 Å². The molecule has 0 aliphatic carbocycles. The highest BCUT2D eigenvalue weighted by Gasteiger charge is 2.34. The lowest BCUT2D eigenvalue weighted by atomic mass is 9.96. The molecule has 0 amide bonds. The monoisotopic (exact) mass is 212 g/mol. The van der Waals surface area contributed by atoms with Crippen molar-refractivity contribution in [2.24, 2.45) is 0 Å². The van der Waals surface area contributed by atoms with Gasteiger partial charge in [0.05, 0.1) is 0 Å². The van der Waals surface area contributed by atoms with Crippen LogP contribution in [-0.4, -0.2) is 16.0 Å². The number of aliphatic carboxylic acids is 1. The second kappa shape index (κ2) is 4.47. The second-order valence-corrected chi connectivity index (χ2v) is 4.01. The summed E-state index contributed by atoms with van der Waals surface area (Å²) < 4.78 is 0. The van der Waals surface area contributed by atoms with E-state index in [1.165, 1.54) is 0 Å². The SMILES string of the molecule is CCC(Cl)(Cc1ccccc1)C(=O)O. The van der Waals surface area contributed by atoms with Crippen LogP contribution in [0.15, 0.2) is 30.3 Å². The van der Waals surface area contributed by atoms with E-state index >= 15 is 0 Å². The van der Waals surface area contributed by atoms with Gasteiger partial charge >= 0.3 is 5.97 Å². The summed E-state index contributed by atoms with van der Waals surface area (Å²) in [7, 11) is 0. The molecule has 0 aromatic heterocycles. The van der Waals surface area contributed by atoms with Gasteiger partial charge in [-0.2, -0.15) is 0 Å². The molecule has 0 aliphatic rings. The van der Waals surface area contributed by atoms with Gasteiger partial charge in [0.2, 0.25) is 0 Å². The number of benzene rings is 1. The Bertz CT molecular complexity index is 310. The molecule has 0 fully saturated rings. The van der Waals surface area contributed by atoms with Gasteiger partial charge in [0.25, 0.3) is 0 Å². The largest absolute Gasteiger partial charge is 0.480 e. The van der Waals surface area contributed by atoms with Crippen LogP contribution in [0.1, 0.15) is 18.9 Å². The standard InChI is InChI=1S/C11H13ClO2/c1-2-11(12,10(13)14)8-9-6-4-3-5-7-9/h3-7H,2,8H2,1H3,(H,13,14). The lowest BCUT2D eigenvalue weighted by Crippen LogP contribution is -2.33. The first-order valence-corrected chi connectivity index (χ1v) is 4.92. The molecule has 3 heteroatoms. The third kappa shape index (κ3) is 2.48. The topological polar surface area (TPSA) is 37.3 Å². The fourth-order valence-electron chi connectivity index (χ4n) is 1.27. The zero-order valence-electron chi connectivity index (χ0n) is 8.03. The van der Waals surface area contributed by atoms with E-state index in [0.29, 0.717) is 12.8 Å². The Balaban J connectivity index is 2.81. The summed E-state index contributed by atoms with van der Waals surface area (Å²) in [5.41, 5.74) is 0.951. The zero-order valence-corrected chi connectivity index (χ0v) is 8.79. The molecule has 1 rings (SSSR count). The number of rotatable bonds is 4. The van der Waals surface area contributed by atoms with E-state index in [4.69, 9.17) is 16.7 Å². The minimum atomic E-state index is -1.17. The Hall–Kier alpha value is -1.02. The highest BCUT2D eigenvalue weighted by molar-refractivity contribution is 6.33. The van der Waals surface area contributed by atoms with Crippen LogP contribution >= 0.6 is 11.6 Å². The Labute approximate surface area is 88.5 Å². The third-order valence-corrected chi connectivity index (χ3v) is 2.83. The maximum Gasteiger partial charge on any atom is 0.325 e. The number of carboxylic acid groups (broad SMARTS) is 1. The summed E-state index contributed by atoms with van der Waals surface area (Å²) in [5, 5.41) is 8.96. The maximum atomic E-state index is 10.9. The van der Waals surface area contributed by atoms with Crippen molar-refractivity contribution in [3.8, 4) is 0 Å². The van der Waals surface area contributed by atoms with Gasteiger partial charge in [-0.1, -0.05) is 37.3 Å². The molecule has 1 unspecified atom stereocenters. The smallest absolute Gasteiger partial charge is 0.325 e. The lowest BCUT2D eigenvalue weighted by molar-refractivity contribution is -0.140. The Morgan fingerprint density at radius 3 is 2.43 bits per heavy atom. The minimum absolute atomic E-state index is 0.362. The molecule has 0 radical (unpaired) electrons. The number of alkyl halides is 1. The Morgan fingerprint density at radius 1 is 1.43 bits per heavy atom. The van der Waals surface area contributed by atoms with Gasteiger partial charge in [0.15, 0.2) is 0 Å². The minimum Gasteiger partial charge on any atom is -0.480 e. The first-order chi connectivity index (χ1) is 6.58.